The zero-order chi connectivity index (χ0) is 57.6. The number of carbonyl (C=O) groups is 2. The lowest BCUT2D eigenvalue weighted by molar-refractivity contribution is -0.123. The lowest BCUT2D eigenvalue weighted by Gasteiger charge is -2.28. The Morgan fingerprint density at radius 1 is 0.388 bits per heavy atom. The van der Waals surface area contributed by atoms with Gasteiger partial charge in [-0.15, -0.1) is 0 Å². The summed E-state index contributed by atoms with van der Waals surface area (Å²) in [4.78, 5) is 25.1. The van der Waals surface area contributed by atoms with Crippen LogP contribution in [0.3, 0.4) is 0 Å². The fourth-order valence-corrected chi connectivity index (χ4v) is 9.96. The molecule has 0 unspecified atom stereocenters. The summed E-state index contributed by atoms with van der Waals surface area (Å²) in [5.74, 6) is 2.62. The lowest BCUT2D eigenvalue weighted by Crippen LogP contribution is -2.19. The van der Waals surface area contributed by atoms with Crippen LogP contribution >= 0.6 is 0 Å². The van der Waals surface area contributed by atoms with Gasteiger partial charge in [0.25, 0.3) is 0 Å². The van der Waals surface area contributed by atoms with Crippen molar-refractivity contribution in [1.82, 2.24) is 10.9 Å². The first-order chi connectivity index (χ1) is 37.8. The van der Waals surface area contributed by atoms with Gasteiger partial charge in [-0.2, -0.15) is 10.2 Å². The molecule has 12 nitrogen and oxygen atoms in total. The molecule has 6 aromatic rings. The minimum atomic E-state index is -0.262. The van der Waals surface area contributed by atoms with Crippen LogP contribution in [0.5, 0.6) is 34.5 Å². The molecule has 1 aliphatic carbocycles. The monoisotopic (exact) mass is 1080 g/mol. The minimum Gasteiger partial charge on any atom is -0.507 e. The molecule has 0 fully saturated rings. The Labute approximate surface area is 474 Å². The lowest BCUT2D eigenvalue weighted by atomic mass is 9.79. The van der Waals surface area contributed by atoms with E-state index in [0.29, 0.717) is 61.5 Å². The molecular weight excluding hydrogens is 1000 g/mol. The first-order valence-corrected chi connectivity index (χ1v) is 28.2. The number of hydrogen-bond donors (Lipinski definition) is 4. The molecule has 0 saturated heterocycles. The number of nitrogens with zero attached hydrogens (tertiary/aromatic N) is 2. The maximum Gasteiger partial charge on any atom is 0.240 e. The van der Waals surface area contributed by atoms with Crippen LogP contribution in [0.1, 0.15) is 187 Å². The third-order valence-electron chi connectivity index (χ3n) is 14.8. The van der Waals surface area contributed by atoms with Crippen LogP contribution < -0.4 is 29.8 Å². The number of phenols is 2. The molecule has 6 aromatic carbocycles. The summed E-state index contributed by atoms with van der Waals surface area (Å²) in [7, 11) is 0. The van der Waals surface area contributed by atoms with Crippen molar-refractivity contribution in [2.24, 2.45) is 10.2 Å². The smallest absolute Gasteiger partial charge is 0.240 e. The Morgan fingerprint density at radius 2 is 0.650 bits per heavy atom. The molecular formula is C68H82N4O8. The number of benzene rings is 6. The van der Waals surface area contributed by atoms with Crippen LogP contribution in [-0.4, -0.2) is 60.9 Å². The Balaban J connectivity index is 1.28. The topological polar surface area (TPSA) is 160 Å². The van der Waals surface area contributed by atoms with Gasteiger partial charge in [0.15, 0.2) is 0 Å². The van der Waals surface area contributed by atoms with Crippen molar-refractivity contribution in [3.05, 3.63) is 175 Å². The molecule has 0 spiro atoms. The quantitative estimate of drug-likeness (QED) is 0.117. The van der Waals surface area contributed by atoms with Gasteiger partial charge in [0.2, 0.25) is 11.8 Å². The molecule has 4 N–H and O–H groups in total. The Hall–Kier alpha value is -7.60. The summed E-state index contributed by atoms with van der Waals surface area (Å²) in [6.07, 6.45) is 6.12. The zero-order valence-corrected chi connectivity index (χ0v) is 49.1. The van der Waals surface area contributed by atoms with Crippen molar-refractivity contribution < 1.29 is 38.7 Å². The van der Waals surface area contributed by atoms with Gasteiger partial charge in [-0.05, 0) is 161 Å². The highest BCUT2D eigenvalue weighted by Crippen LogP contribution is 2.44. The maximum atomic E-state index is 12.8. The largest absolute Gasteiger partial charge is 0.507 e. The van der Waals surface area contributed by atoms with E-state index in [1.54, 1.807) is 12.4 Å². The molecule has 0 radical (unpaired) electrons. The number of phenolic OH excluding ortho intramolecular Hbond substituents is 2. The number of rotatable bonds is 0. The summed E-state index contributed by atoms with van der Waals surface area (Å²) in [5, 5.41) is 33.8. The Kier molecular flexibility index (Phi) is 17.9. The van der Waals surface area contributed by atoms with Crippen LogP contribution in [0.15, 0.2) is 107 Å². The second-order valence-corrected chi connectivity index (χ2v) is 25.6. The molecule has 12 rings (SSSR count). The van der Waals surface area contributed by atoms with E-state index in [1.807, 2.05) is 48.5 Å². The molecule has 0 saturated carbocycles. The number of amides is 2. The molecule has 2 amide bonds. The summed E-state index contributed by atoms with van der Waals surface area (Å²) in [5.41, 5.74) is 16.9. The highest BCUT2D eigenvalue weighted by molar-refractivity contribution is 5.83. The second-order valence-electron chi connectivity index (χ2n) is 25.6. The Morgan fingerprint density at radius 3 is 0.925 bits per heavy atom. The van der Waals surface area contributed by atoms with Crippen molar-refractivity contribution >= 4 is 24.2 Å². The molecule has 5 heterocycles. The van der Waals surface area contributed by atoms with Crippen LogP contribution in [0.2, 0.25) is 0 Å². The molecule has 422 valence electrons. The minimum absolute atomic E-state index is 0.214. The van der Waals surface area contributed by atoms with Crippen LogP contribution in [0.25, 0.3) is 0 Å². The molecule has 5 aliphatic heterocycles. The van der Waals surface area contributed by atoms with Gasteiger partial charge in [-0.25, -0.2) is 10.9 Å². The van der Waals surface area contributed by atoms with Crippen LogP contribution in [0, 0.1) is 0 Å². The van der Waals surface area contributed by atoms with Gasteiger partial charge in [-0.3, -0.25) is 9.59 Å². The van der Waals surface area contributed by atoms with E-state index in [-0.39, 0.29) is 84.2 Å². The molecule has 80 heavy (non-hydrogen) atoms. The normalized spacial score (nSPS) is 15.9. The second kappa shape index (κ2) is 24.4. The molecule has 0 aromatic heterocycles. The Bertz CT molecular complexity index is 2940. The average molecular weight is 1080 g/mol. The van der Waals surface area contributed by atoms with Crippen molar-refractivity contribution in [1.29, 1.82) is 0 Å². The van der Waals surface area contributed by atoms with E-state index in [1.165, 1.54) is 0 Å². The molecule has 6 aliphatic rings. The third-order valence-corrected chi connectivity index (χ3v) is 14.8. The van der Waals surface area contributed by atoms with E-state index in [9.17, 15) is 19.8 Å². The number of carbonyl (C=O) groups excluding carboxylic acids is 2. The summed E-state index contributed by atoms with van der Waals surface area (Å²) < 4.78 is 26.4. The number of ether oxygens (including phenoxy) is 4. The standard InChI is InChI=1S/C68H82N4O8/c1-65(2,3)53-33-45-29-49-37-55(67(7,8)9)39-51-31-47-35-54(66(4,5)6)36-48(62(47)76)32-52-40-56(68(10,11)12)38-50(30-46(34-53)61(45)75)64(52)80-28-26-78-58-23-19-44(20-24-58)42-70-72-60(74)16-14-13-15-59(73)71-69-41-43-17-21-57(22-18-43)77-25-27-79-63(49)51/h17-24,33-42,75-76H,13-16,25-32H2,1-12H3,(H,71,73)(H,72,74)/b69-41-,70-42?. The van der Waals surface area contributed by atoms with E-state index < -0.39 is 0 Å². The van der Waals surface area contributed by atoms with E-state index in [0.717, 1.165) is 77.9 Å². The summed E-state index contributed by atoms with van der Waals surface area (Å²) >= 11 is 0. The molecule has 12 heteroatoms. The molecule has 14 bridgehead atoms. The van der Waals surface area contributed by atoms with Crippen molar-refractivity contribution in [3.63, 3.8) is 0 Å². The SMILES string of the molecule is CC(C)(C)c1cc2c(O)c(c1)Cc1cc(C(C)(C)C)cc3c1OCCOc1ccc(cc1)/C=N\NC(=O)CCCCC(=O)NN=Cc1ccc(cc1)OCCOc1c(cc(C(C)(C)C)cc1Cc1cc(C(C)(C)C)cc(c1O)C3)C2. The predicted molar refractivity (Wildman–Crippen MR) is 320 cm³/mol. The third kappa shape index (κ3) is 15.2. The number of aromatic hydroxyl groups is 2. The molecule has 0 atom stereocenters. The van der Waals surface area contributed by atoms with E-state index in [2.05, 4.69) is 153 Å². The van der Waals surface area contributed by atoms with Crippen molar-refractivity contribution in [3.8, 4) is 34.5 Å². The highest BCUT2D eigenvalue weighted by Gasteiger charge is 2.29. The van der Waals surface area contributed by atoms with Gasteiger partial charge in [-0.1, -0.05) is 132 Å². The van der Waals surface area contributed by atoms with Gasteiger partial charge in [0, 0.05) is 38.5 Å². The van der Waals surface area contributed by atoms with Crippen LogP contribution in [-0.2, 0) is 56.9 Å². The fourth-order valence-electron chi connectivity index (χ4n) is 9.96. The van der Waals surface area contributed by atoms with Gasteiger partial charge in [0.05, 0.1) is 12.4 Å². The summed E-state index contributed by atoms with van der Waals surface area (Å²) in [6.45, 7) is 27.4. The number of hydrogen-bond acceptors (Lipinski definition) is 10. The maximum absolute atomic E-state index is 12.8. The van der Waals surface area contributed by atoms with E-state index in [4.69, 9.17) is 18.9 Å². The first kappa shape index (κ1) is 58.5. The average Bonchev–Trinajstić information content (AvgIpc) is 3.45. The van der Waals surface area contributed by atoms with Crippen molar-refractivity contribution in [2.75, 3.05) is 26.4 Å². The summed E-state index contributed by atoms with van der Waals surface area (Å²) in [6, 6.07) is 32.3. The van der Waals surface area contributed by atoms with Gasteiger partial charge in [0.1, 0.15) is 60.9 Å². The highest BCUT2D eigenvalue weighted by atomic mass is 16.5. The zero-order valence-electron chi connectivity index (χ0n) is 49.1. The van der Waals surface area contributed by atoms with E-state index >= 15 is 0 Å². The van der Waals surface area contributed by atoms with Crippen molar-refractivity contribution in [2.45, 2.75) is 156 Å². The number of hydrazone groups is 2. The first-order valence-electron chi connectivity index (χ1n) is 28.2. The predicted octanol–water partition coefficient (Wildman–Crippen LogP) is 13.4. The van der Waals surface area contributed by atoms with Gasteiger partial charge >= 0.3 is 0 Å². The number of nitrogens with one attached hydrogen (secondary N) is 2. The fraction of sp³-hybridized carbons (Fsp3) is 0.412. The number of fused-ring (bicyclic) bond motifs is 1. The van der Waals surface area contributed by atoms with Gasteiger partial charge < -0.3 is 29.2 Å². The van der Waals surface area contributed by atoms with Crippen LogP contribution in [0.4, 0.5) is 0 Å².